The first-order valence-corrected chi connectivity index (χ1v) is 6.72. The summed E-state index contributed by atoms with van der Waals surface area (Å²) in [6.45, 7) is 7.65. The molecule has 0 heterocycles. The predicted octanol–water partition coefficient (Wildman–Crippen LogP) is 3.43. The number of carbonyl (C=O) groups is 1. The van der Waals surface area contributed by atoms with E-state index >= 15 is 0 Å². The van der Waals surface area contributed by atoms with E-state index in [-0.39, 0.29) is 5.91 Å². The second-order valence-electron chi connectivity index (χ2n) is 4.56. The highest BCUT2D eigenvalue weighted by Gasteiger charge is 2.19. The van der Waals surface area contributed by atoms with Crippen molar-refractivity contribution >= 4 is 23.2 Å². The average molecular weight is 269 g/mol. The molecule has 0 aliphatic rings. The molecule has 0 bridgehead atoms. The molecule has 18 heavy (non-hydrogen) atoms. The summed E-state index contributed by atoms with van der Waals surface area (Å²) in [5.41, 5.74) is 6.72. The first-order chi connectivity index (χ1) is 8.51. The third-order valence-electron chi connectivity index (χ3n) is 3.18. The number of anilines is 1. The summed E-state index contributed by atoms with van der Waals surface area (Å²) in [6, 6.07) is 5.17. The van der Waals surface area contributed by atoms with Gasteiger partial charge in [-0.3, -0.25) is 4.79 Å². The van der Waals surface area contributed by atoms with Crippen LogP contribution in [-0.2, 0) is 0 Å². The van der Waals surface area contributed by atoms with Crippen molar-refractivity contribution in [2.75, 3.05) is 18.8 Å². The minimum atomic E-state index is -0.0437. The molecule has 2 N–H and O–H groups in total. The van der Waals surface area contributed by atoms with E-state index in [9.17, 15) is 4.79 Å². The molecule has 0 fully saturated rings. The van der Waals surface area contributed by atoms with Gasteiger partial charge >= 0.3 is 0 Å². The van der Waals surface area contributed by atoms with Crippen LogP contribution in [0.5, 0.6) is 0 Å². The van der Waals surface area contributed by atoms with Gasteiger partial charge in [0.25, 0.3) is 5.91 Å². The van der Waals surface area contributed by atoms with Crippen LogP contribution in [0.4, 0.5) is 5.69 Å². The van der Waals surface area contributed by atoms with Gasteiger partial charge in [-0.25, -0.2) is 0 Å². The van der Waals surface area contributed by atoms with Crippen LogP contribution in [0.15, 0.2) is 18.2 Å². The maximum Gasteiger partial charge on any atom is 0.255 e. The SMILES string of the molecule is CCC(C)CN(CC)C(=O)c1cccc(Cl)c1N. The summed E-state index contributed by atoms with van der Waals surface area (Å²) in [6.07, 6.45) is 1.05. The summed E-state index contributed by atoms with van der Waals surface area (Å²) in [7, 11) is 0. The third-order valence-corrected chi connectivity index (χ3v) is 3.51. The largest absolute Gasteiger partial charge is 0.397 e. The van der Waals surface area contributed by atoms with Crippen LogP contribution < -0.4 is 5.73 Å². The number of hydrogen-bond acceptors (Lipinski definition) is 2. The Hall–Kier alpha value is -1.22. The molecule has 0 spiro atoms. The van der Waals surface area contributed by atoms with Crippen LogP contribution in [0.3, 0.4) is 0 Å². The third kappa shape index (κ3) is 3.39. The molecular formula is C14H21ClN2O. The molecule has 1 aromatic carbocycles. The molecule has 1 unspecified atom stereocenters. The van der Waals surface area contributed by atoms with Crippen LogP contribution in [0.2, 0.25) is 5.02 Å². The van der Waals surface area contributed by atoms with Crippen molar-refractivity contribution in [2.45, 2.75) is 27.2 Å². The number of benzene rings is 1. The summed E-state index contributed by atoms with van der Waals surface area (Å²) in [4.78, 5) is 14.2. The molecule has 0 aliphatic carbocycles. The van der Waals surface area contributed by atoms with Gasteiger partial charge in [0.05, 0.1) is 16.3 Å². The van der Waals surface area contributed by atoms with E-state index in [1.807, 2.05) is 11.8 Å². The molecule has 0 saturated carbocycles. The average Bonchev–Trinajstić information content (AvgIpc) is 2.38. The lowest BCUT2D eigenvalue weighted by molar-refractivity contribution is 0.0742. The normalized spacial score (nSPS) is 12.2. The topological polar surface area (TPSA) is 46.3 Å². The first-order valence-electron chi connectivity index (χ1n) is 6.34. The molecule has 3 nitrogen and oxygen atoms in total. The van der Waals surface area contributed by atoms with Crippen LogP contribution in [0.25, 0.3) is 0 Å². The molecule has 1 aromatic rings. The van der Waals surface area contributed by atoms with E-state index in [0.717, 1.165) is 13.0 Å². The fourth-order valence-electron chi connectivity index (χ4n) is 1.75. The zero-order chi connectivity index (χ0) is 13.7. The van der Waals surface area contributed by atoms with Gasteiger partial charge in [0.15, 0.2) is 0 Å². The molecule has 0 aliphatic heterocycles. The fourth-order valence-corrected chi connectivity index (χ4v) is 1.93. The Morgan fingerprint density at radius 1 is 1.44 bits per heavy atom. The van der Waals surface area contributed by atoms with E-state index in [0.29, 0.717) is 28.7 Å². The quantitative estimate of drug-likeness (QED) is 0.832. The van der Waals surface area contributed by atoms with Crippen molar-refractivity contribution in [1.82, 2.24) is 4.90 Å². The van der Waals surface area contributed by atoms with Gasteiger partial charge in [-0.15, -0.1) is 0 Å². The Kier molecular flexibility index (Phi) is 5.48. The van der Waals surface area contributed by atoms with E-state index in [4.69, 9.17) is 17.3 Å². The fraction of sp³-hybridized carbons (Fsp3) is 0.500. The number of nitrogen functional groups attached to an aromatic ring is 1. The zero-order valence-electron chi connectivity index (χ0n) is 11.2. The Morgan fingerprint density at radius 2 is 2.11 bits per heavy atom. The number of hydrogen-bond donors (Lipinski definition) is 1. The standard InChI is InChI=1S/C14H21ClN2O/c1-4-10(3)9-17(5-2)14(18)11-7-6-8-12(15)13(11)16/h6-8,10H,4-5,9,16H2,1-3H3. The number of carbonyl (C=O) groups excluding carboxylic acids is 1. The van der Waals surface area contributed by atoms with Crippen molar-refractivity contribution in [2.24, 2.45) is 5.92 Å². The van der Waals surface area contributed by atoms with Crippen LogP contribution >= 0.6 is 11.6 Å². The molecular weight excluding hydrogens is 248 g/mol. The van der Waals surface area contributed by atoms with E-state index < -0.39 is 0 Å². The summed E-state index contributed by atoms with van der Waals surface area (Å²) >= 11 is 5.94. The van der Waals surface area contributed by atoms with Gasteiger partial charge in [0.2, 0.25) is 0 Å². The lowest BCUT2D eigenvalue weighted by atomic mass is 10.1. The van der Waals surface area contributed by atoms with Gasteiger partial charge < -0.3 is 10.6 Å². The second-order valence-corrected chi connectivity index (χ2v) is 4.97. The van der Waals surface area contributed by atoms with Crippen molar-refractivity contribution in [3.8, 4) is 0 Å². The number of nitrogens with zero attached hydrogens (tertiary/aromatic N) is 1. The zero-order valence-corrected chi connectivity index (χ0v) is 12.0. The summed E-state index contributed by atoms with van der Waals surface area (Å²) < 4.78 is 0. The monoisotopic (exact) mass is 268 g/mol. The minimum Gasteiger partial charge on any atom is -0.397 e. The van der Waals surface area contributed by atoms with Gasteiger partial charge in [-0.2, -0.15) is 0 Å². The van der Waals surface area contributed by atoms with Crippen molar-refractivity contribution < 1.29 is 4.79 Å². The van der Waals surface area contributed by atoms with Crippen molar-refractivity contribution in [1.29, 1.82) is 0 Å². The van der Waals surface area contributed by atoms with Gasteiger partial charge in [0.1, 0.15) is 0 Å². The number of para-hydroxylation sites is 1. The predicted molar refractivity (Wildman–Crippen MR) is 76.9 cm³/mol. The molecule has 0 saturated heterocycles. The number of nitrogens with two attached hydrogens (primary N) is 1. The lowest BCUT2D eigenvalue weighted by Crippen LogP contribution is -2.34. The Morgan fingerprint density at radius 3 is 2.67 bits per heavy atom. The lowest BCUT2D eigenvalue weighted by Gasteiger charge is -2.24. The maximum absolute atomic E-state index is 12.4. The van der Waals surface area contributed by atoms with Crippen molar-refractivity contribution in [3.05, 3.63) is 28.8 Å². The number of rotatable bonds is 5. The van der Waals surface area contributed by atoms with Gasteiger partial charge in [-0.1, -0.05) is 37.9 Å². The van der Waals surface area contributed by atoms with Gasteiger partial charge in [-0.05, 0) is 25.0 Å². The highest BCUT2D eigenvalue weighted by Crippen LogP contribution is 2.24. The van der Waals surface area contributed by atoms with Gasteiger partial charge in [0, 0.05) is 13.1 Å². The highest BCUT2D eigenvalue weighted by atomic mass is 35.5. The van der Waals surface area contributed by atoms with Crippen LogP contribution in [-0.4, -0.2) is 23.9 Å². The molecule has 1 amide bonds. The molecule has 0 aromatic heterocycles. The molecule has 100 valence electrons. The Bertz CT molecular complexity index is 420. The Labute approximate surface area is 114 Å². The van der Waals surface area contributed by atoms with E-state index in [1.54, 1.807) is 18.2 Å². The summed E-state index contributed by atoms with van der Waals surface area (Å²) in [5.74, 6) is 0.437. The van der Waals surface area contributed by atoms with E-state index in [1.165, 1.54) is 0 Å². The smallest absolute Gasteiger partial charge is 0.255 e. The maximum atomic E-state index is 12.4. The molecule has 0 radical (unpaired) electrons. The van der Waals surface area contributed by atoms with Crippen LogP contribution in [0, 0.1) is 5.92 Å². The summed E-state index contributed by atoms with van der Waals surface area (Å²) in [5, 5.41) is 0.431. The molecule has 1 atom stereocenters. The second kappa shape index (κ2) is 6.64. The number of halogens is 1. The molecule has 4 heteroatoms. The Balaban J connectivity index is 2.93. The minimum absolute atomic E-state index is 0.0437. The first kappa shape index (κ1) is 14.8. The number of amides is 1. The molecule has 1 rings (SSSR count). The van der Waals surface area contributed by atoms with E-state index in [2.05, 4.69) is 13.8 Å². The highest BCUT2D eigenvalue weighted by molar-refractivity contribution is 6.33. The van der Waals surface area contributed by atoms with Crippen LogP contribution in [0.1, 0.15) is 37.6 Å². The van der Waals surface area contributed by atoms with Crippen molar-refractivity contribution in [3.63, 3.8) is 0 Å².